The smallest absolute Gasteiger partial charge is 0.0558 e. The third-order valence-corrected chi connectivity index (χ3v) is 9.55. The Bertz CT molecular complexity index is 510. The molecule has 3 nitrogen and oxygen atoms in total. The van der Waals surface area contributed by atoms with Crippen molar-refractivity contribution in [3.63, 3.8) is 0 Å². The van der Waals surface area contributed by atoms with E-state index < -0.39 is 0 Å². The van der Waals surface area contributed by atoms with Crippen LogP contribution in [-0.2, 0) is 0 Å². The van der Waals surface area contributed by atoms with Crippen LogP contribution < -0.4 is 0 Å². The topological polar surface area (TPSA) is 43.7 Å². The van der Waals surface area contributed by atoms with E-state index in [9.17, 15) is 10.2 Å². The summed E-state index contributed by atoms with van der Waals surface area (Å²) in [7, 11) is 2.17. The van der Waals surface area contributed by atoms with Crippen LogP contribution in [0.2, 0.25) is 0 Å². The Morgan fingerprint density at radius 1 is 1.00 bits per heavy atom. The molecule has 2 N–H and O–H groups in total. The molecule has 0 aromatic carbocycles. The van der Waals surface area contributed by atoms with E-state index in [1.54, 1.807) is 0 Å². The maximum atomic E-state index is 10.2. The fourth-order valence-corrected chi connectivity index (χ4v) is 8.29. The van der Waals surface area contributed by atoms with E-state index in [4.69, 9.17) is 0 Å². The minimum absolute atomic E-state index is 0.0311. The average molecular weight is 364 g/mol. The van der Waals surface area contributed by atoms with E-state index >= 15 is 0 Å². The fraction of sp³-hybridized carbons (Fsp3) is 1.00. The Labute approximate surface area is 160 Å². The molecular weight excluding hydrogens is 322 g/mol. The van der Waals surface area contributed by atoms with Gasteiger partial charge in [-0.1, -0.05) is 13.8 Å². The minimum atomic E-state index is -0.0311. The highest BCUT2D eigenvalue weighted by Crippen LogP contribution is 2.66. The van der Waals surface area contributed by atoms with Crippen LogP contribution in [0.5, 0.6) is 0 Å². The molecule has 0 aromatic heterocycles. The fourth-order valence-electron chi connectivity index (χ4n) is 8.29. The highest BCUT2D eigenvalue weighted by Gasteiger charge is 2.59. The van der Waals surface area contributed by atoms with Gasteiger partial charge >= 0.3 is 0 Å². The Kier molecular flexibility index (Phi) is 5.20. The lowest BCUT2D eigenvalue weighted by molar-refractivity contribution is -0.120. The van der Waals surface area contributed by atoms with Crippen molar-refractivity contribution >= 4 is 0 Å². The summed E-state index contributed by atoms with van der Waals surface area (Å²) in [6.45, 7) is 7.44. The molecule has 0 radical (unpaired) electrons. The van der Waals surface area contributed by atoms with Gasteiger partial charge in [-0.25, -0.2) is 0 Å². The van der Waals surface area contributed by atoms with Crippen LogP contribution >= 0.6 is 0 Å². The van der Waals surface area contributed by atoms with Crippen LogP contribution in [0.25, 0.3) is 0 Å². The first-order valence-corrected chi connectivity index (χ1v) is 11.3. The van der Waals surface area contributed by atoms with E-state index in [2.05, 4.69) is 25.8 Å². The standard InChI is InChI=1S/C23H41NO2/c1-22-8-7-20-19(5-4-17-13-18(26)6-9-23(17,20)2)21(22)12-16(14-22)15-24(3)10-11-25/h16-21,25-26H,4-15H2,1-3H3/t16?,17-,18-,19+,20-,21-,22+,23-/m0/s1. The molecule has 4 rings (SSSR count). The van der Waals surface area contributed by atoms with Crippen molar-refractivity contribution in [2.24, 2.45) is 40.4 Å². The zero-order chi connectivity index (χ0) is 18.5. The lowest BCUT2D eigenvalue weighted by Crippen LogP contribution is -2.53. The maximum Gasteiger partial charge on any atom is 0.0558 e. The van der Waals surface area contributed by atoms with Crippen molar-refractivity contribution in [3.05, 3.63) is 0 Å². The van der Waals surface area contributed by atoms with E-state index in [1.807, 2.05) is 0 Å². The van der Waals surface area contributed by atoms with E-state index in [1.165, 1.54) is 44.9 Å². The van der Waals surface area contributed by atoms with Crippen molar-refractivity contribution in [2.45, 2.75) is 77.7 Å². The van der Waals surface area contributed by atoms with Crippen LogP contribution in [0.15, 0.2) is 0 Å². The molecule has 4 aliphatic rings. The molecule has 0 heterocycles. The summed E-state index contributed by atoms with van der Waals surface area (Å²) < 4.78 is 0. The van der Waals surface area contributed by atoms with Crippen molar-refractivity contribution in [1.82, 2.24) is 4.90 Å². The van der Waals surface area contributed by atoms with Gasteiger partial charge < -0.3 is 15.1 Å². The molecule has 0 amide bonds. The summed E-state index contributed by atoms with van der Waals surface area (Å²) in [6, 6.07) is 0. The van der Waals surface area contributed by atoms with Gasteiger partial charge in [-0.2, -0.15) is 0 Å². The molecule has 0 spiro atoms. The molecule has 150 valence electrons. The summed E-state index contributed by atoms with van der Waals surface area (Å²) in [5.41, 5.74) is 1.05. The molecule has 0 aromatic rings. The molecule has 0 bridgehead atoms. The molecule has 8 atom stereocenters. The van der Waals surface area contributed by atoms with Crippen molar-refractivity contribution in [1.29, 1.82) is 0 Å². The first-order valence-electron chi connectivity index (χ1n) is 11.3. The molecule has 4 fully saturated rings. The summed E-state index contributed by atoms with van der Waals surface area (Å²) in [4.78, 5) is 2.34. The second-order valence-corrected chi connectivity index (χ2v) is 11.1. The molecule has 4 saturated carbocycles. The highest BCUT2D eigenvalue weighted by molar-refractivity contribution is 5.08. The van der Waals surface area contributed by atoms with Gasteiger partial charge in [0.1, 0.15) is 0 Å². The summed E-state index contributed by atoms with van der Waals surface area (Å²) >= 11 is 0. The number of hydrogen-bond donors (Lipinski definition) is 2. The predicted octanol–water partition coefficient (Wildman–Crippen LogP) is 3.93. The summed E-state index contributed by atoms with van der Waals surface area (Å²) in [6.07, 6.45) is 11.8. The SMILES string of the molecule is CN(CCO)CC1C[C@H]2[C@@H]3CC[C@H]4C[C@@H](O)CC[C@]4(C)[C@H]3CC[C@]2(C)C1. The lowest BCUT2D eigenvalue weighted by Gasteiger charge is -2.60. The molecular formula is C23H41NO2. The van der Waals surface area contributed by atoms with Crippen molar-refractivity contribution in [3.8, 4) is 0 Å². The van der Waals surface area contributed by atoms with Gasteiger partial charge in [-0.3, -0.25) is 0 Å². The quantitative estimate of drug-likeness (QED) is 0.795. The number of fused-ring (bicyclic) bond motifs is 5. The first-order chi connectivity index (χ1) is 12.4. The first kappa shape index (κ1) is 19.2. The number of aliphatic hydroxyl groups excluding tert-OH is 2. The van der Waals surface area contributed by atoms with Gasteiger partial charge in [-0.05, 0) is 105 Å². The largest absolute Gasteiger partial charge is 0.395 e. The highest BCUT2D eigenvalue weighted by atomic mass is 16.3. The molecule has 0 aliphatic heterocycles. The van der Waals surface area contributed by atoms with Crippen LogP contribution in [0.4, 0.5) is 0 Å². The number of likely N-dealkylation sites (N-methyl/N-ethyl adjacent to an activating group) is 1. The molecule has 3 heteroatoms. The molecule has 0 saturated heterocycles. The zero-order valence-electron chi connectivity index (χ0n) is 17.3. The third kappa shape index (κ3) is 3.16. The minimum Gasteiger partial charge on any atom is -0.395 e. The van der Waals surface area contributed by atoms with Gasteiger partial charge in [-0.15, -0.1) is 0 Å². The Morgan fingerprint density at radius 3 is 2.58 bits per heavy atom. The number of hydrogen-bond acceptors (Lipinski definition) is 3. The van der Waals surface area contributed by atoms with Gasteiger partial charge in [0.25, 0.3) is 0 Å². The van der Waals surface area contributed by atoms with Crippen LogP contribution in [0.1, 0.15) is 71.6 Å². The molecule has 26 heavy (non-hydrogen) atoms. The number of aliphatic hydroxyl groups is 2. The normalized spacial score (nSPS) is 51.0. The average Bonchev–Trinajstić information content (AvgIpc) is 2.91. The lowest BCUT2D eigenvalue weighted by atomic mass is 9.45. The molecule has 1 unspecified atom stereocenters. The zero-order valence-corrected chi connectivity index (χ0v) is 17.3. The third-order valence-electron chi connectivity index (χ3n) is 9.55. The van der Waals surface area contributed by atoms with Crippen molar-refractivity contribution < 1.29 is 10.2 Å². The van der Waals surface area contributed by atoms with Crippen LogP contribution in [0.3, 0.4) is 0 Å². The summed E-state index contributed by atoms with van der Waals surface area (Å²) in [5, 5.41) is 19.4. The maximum absolute atomic E-state index is 10.2. The van der Waals surface area contributed by atoms with Crippen molar-refractivity contribution in [2.75, 3.05) is 26.7 Å². The second-order valence-electron chi connectivity index (χ2n) is 11.1. The molecule has 4 aliphatic carbocycles. The summed E-state index contributed by atoms with van der Waals surface area (Å²) in [5.74, 6) is 4.33. The van der Waals surface area contributed by atoms with Gasteiger partial charge in [0.15, 0.2) is 0 Å². The number of rotatable bonds is 4. The van der Waals surface area contributed by atoms with Gasteiger partial charge in [0.05, 0.1) is 12.7 Å². The Morgan fingerprint density at radius 2 is 1.81 bits per heavy atom. The van der Waals surface area contributed by atoms with Crippen LogP contribution in [0, 0.1) is 40.4 Å². The predicted molar refractivity (Wildman–Crippen MR) is 106 cm³/mol. The Hall–Kier alpha value is -0.120. The van der Waals surface area contributed by atoms with E-state index in [-0.39, 0.29) is 12.7 Å². The Balaban J connectivity index is 1.49. The van der Waals surface area contributed by atoms with Gasteiger partial charge in [0.2, 0.25) is 0 Å². The monoisotopic (exact) mass is 363 g/mol. The number of nitrogens with zero attached hydrogens (tertiary/aromatic N) is 1. The van der Waals surface area contributed by atoms with Gasteiger partial charge in [0, 0.05) is 13.1 Å². The van der Waals surface area contributed by atoms with E-state index in [0.29, 0.717) is 10.8 Å². The van der Waals surface area contributed by atoms with E-state index in [0.717, 1.165) is 55.5 Å². The second kappa shape index (κ2) is 7.04. The van der Waals surface area contributed by atoms with Crippen LogP contribution in [-0.4, -0.2) is 48.0 Å².